The van der Waals surface area contributed by atoms with Crippen LogP contribution in [-0.2, 0) is 33.6 Å². The van der Waals surface area contributed by atoms with Crippen LogP contribution < -0.4 is 33.2 Å². The largest absolute Gasteiger partial charge is 0.508 e. The average molecular weight is 1180 g/mol. The lowest BCUT2D eigenvalue weighted by Crippen LogP contribution is -2.59. The molecule has 6 aliphatic rings. The smallest absolute Gasteiger partial charge is 0.243 e. The predicted octanol–water partition coefficient (Wildman–Crippen LogP) is 7.09. The predicted molar refractivity (Wildman–Crippen MR) is 336 cm³/mol. The Morgan fingerprint density at radius 1 is 0.930 bits per heavy atom. The van der Waals surface area contributed by atoms with E-state index in [2.05, 4.69) is 39.4 Å². The number of aromatic hydroxyl groups is 1. The summed E-state index contributed by atoms with van der Waals surface area (Å²) in [5, 5.41) is 83.5. The highest BCUT2D eigenvalue weighted by molar-refractivity contribution is 5.98. The maximum atomic E-state index is 15.3. The molecule has 0 aromatic heterocycles. The summed E-state index contributed by atoms with van der Waals surface area (Å²) < 4.78 is 6.28. The molecule has 3 fully saturated rings. The van der Waals surface area contributed by atoms with E-state index in [0.29, 0.717) is 85.2 Å². The van der Waals surface area contributed by atoms with Crippen LogP contribution in [0.3, 0.4) is 0 Å². The number of phenols is 1. The van der Waals surface area contributed by atoms with Crippen LogP contribution in [0.2, 0.25) is 0 Å². The van der Waals surface area contributed by atoms with Gasteiger partial charge in [0.25, 0.3) is 0 Å². The zero-order chi connectivity index (χ0) is 61.3. The van der Waals surface area contributed by atoms with Gasteiger partial charge in [-0.05, 0) is 165 Å². The van der Waals surface area contributed by atoms with Crippen LogP contribution >= 0.6 is 0 Å². The van der Waals surface area contributed by atoms with Gasteiger partial charge in [0, 0.05) is 56.1 Å². The molecule has 2 bridgehead atoms. The van der Waals surface area contributed by atoms with Gasteiger partial charge in [-0.1, -0.05) is 128 Å². The molecule has 0 unspecified atom stereocenters. The molecular weight excluding hydrogens is 1080 g/mol. The summed E-state index contributed by atoms with van der Waals surface area (Å²) in [5.41, 5.74) is 22.5. The molecular formula is C70H93N7O9. The molecule has 0 radical (unpaired) electrons. The van der Waals surface area contributed by atoms with Gasteiger partial charge in [0.05, 0.1) is 30.5 Å². The van der Waals surface area contributed by atoms with Crippen molar-refractivity contribution in [3.63, 3.8) is 0 Å². The molecule has 3 aliphatic heterocycles. The van der Waals surface area contributed by atoms with Crippen LogP contribution in [0.5, 0.6) is 5.75 Å². The van der Waals surface area contributed by atoms with E-state index in [-0.39, 0.29) is 69.5 Å². The number of hydrogen-bond acceptors (Lipinski definition) is 13. The van der Waals surface area contributed by atoms with Gasteiger partial charge < -0.3 is 57.9 Å². The number of ketones is 1. The number of ether oxygens (including phenoxy) is 1. The third-order valence-electron chi connectivity index (χ3n) is 20.1. The molecule has 9 rings (SSSR count). The summed E-state index contributed by atoms with van der Waals surface area (Å²) in [6.45, 7) is 11.1. The number of aliphatic hydroxyl groups is 5. The number of aliphatic imine (C=N–C) groups is 1. The number of β-amino-alcohol motifs (C(OH)–C–C–N with tert-alkyl or cyclic N) is 1. The van der Waals surface area contributed by atoms with Crippen molar-refractivity contribution in [3.05, 3.63) is 159 Å². The van der Waals surface area contributed by atoms with E-state index in [0.717, 1.165) is 46.3 Å². The second kappa shape index (κ2) is 28.3. The van der Waals surface area contributed by atoms with Crippen molar-refractivity contribution < 1.29 is 45.0 Å². The fraction of sp³-hybridized carbons (Fsp3) is 0.529. The van der Waals surface area contributed by atoms with E-state index in [1.807, 2.05) is 87.5 Å². The SMILES string of the molecule is C=C1/C=C/C=C(\[C@H]2CC[C@@]3([C@@H]4CC[C@H](O)Cc5cccc(c5)C[C@H]([C@H](CN=C(N)N)c5ccc(O)cc5)[C@H](O)CN[C@H]5C(=O)N[C@@H](N)c6cccc(c65)CC(=O)C(C)=C4CC[C@@]3(C)O)[C@@H]2O)COCC#CC/C(C)=C/C[C@]1(O)NCC1CCCCC1. The molecule has 3 saturated carbocycles. The first-order chi connectivity index (χ1) is 41.2. The van der Waals surface area contributed by atoms with E-state index in [1.54, 1.807) is 24.3 Å². The Balaban J connectivity index is 1.09. The Hall–Kier alpha value is -6.23. The van der Waals surface area contributed by atoms with Crippen molar-refractivity contribution in [3.8, 4) is 17.6 Å². The van der Waals surface area contributed by atoms with Gasteiger partial charge in [-0.2, -0.15) is 0 Å². The first-order valence-electron chi connectivity index (χ1n) is 31.2. The summed E-state index contributed by atoms with van der Waals surface area (Å²) in [4.78, 5) is 33.9. The number of phenolic OH excluding ortho intramolecular Hbond substituents is 1. The number of nitrogens with two attached hydrogens (primary N) is 3. The molecule has 3 aromatic rings. The normalized spacial score (nSPS) is 33.2. The molecule has 3 aromatic carbocycles. The van der Waals surface area contributed by atoms with E-state index >= 15 is 4.79 Å². The summed E-state index contributed by atoms with van der Waals surface area (Å²) in [6, 6.07) is 19.1. The third-order valence-corrected chi connectivity index (χ3v) is 20.1. The van der Waals surface area contributed by atoms with Gasteiger partial charge in [-0.15, -0.1) is 0 Å². The van der Waals surface area contributed by atoms with Gasteiger partial charge >= 0.3 is 0 Å². The number of aliphatic hydroxyl groups excluding tert-OH is 3. The first-order valence-corrected chi connectivity index (χ1v) is 31.2. The molecule has 1 amide bonds. The number of Topliss-reactive ketones (excluding diaryl/α,β-unsaturated/α-hetero) is 1. The van der Waals surface area contributed by atoms with Crippen molar-refractivity contribution in [1.82, 2.24) is 16.0 Å². The fourth-order valence-corrected chi connectivity index (χ4v) is 15.1. The molecule has 16 nitrogen and oxygen atoms in total. The molecule has 3 aliphatic carbocycles. The Kier molecular flexibility index (Phi) is 21.1. The number of guanidine groups is 1. The van der Waals surface area contributed by atoms with Gasteiger partial charge in [0.1, 0.15) is 30.3 Å². The van der Waals surface area contributed by atoms with Crippen molar-refractivity contribution in [1.29, 1.82) is 0 Å². The van der Waals surface area contributed by atoms with Crippen molar-refractivity contribution in [2.24, 2.45) is 51.3 Å². The lowest BCUT2D eigenvalue weighted by Gasteiger charge is -2.56. The number of rotatable bonds is 8. The lowest BCUT2D eigenvalue weighted by molar-refractivity contribution is -0.168. The molecule has 462 valence electrons. The molecule has 12 atom stereocenters. The highest BCUT2D eigenvalue weighted by Crippen LogP contribution is 2.63. The first kappa shape index (κ1) is 64.2. The summed E-state index contributed by atoms with van der Waals surface area (Å²) in [7, 11) is 0. The number of carbonyl (C=O) groups is 2. The standard InChI is InChI=1S/C70H93N7O9/c1-43-13-8-9-34-86-42-51(20-10-14-44(2)70(85,33-28-43)76-39-46-15-6-5-7-16-46)55-30-32-69(64(55)82)59-27-26-53(79)36-47-17-11-18-48(35-47)37-57(58(40-75-67(72)73)49-22-24-52(78)25-23-49)61(81)41-74-63-62-50(19-12-21-56(62)65(71)77-66(63)83)38-60(80)45(3)54(59)29-31-68(69,4)84/h10-12,14,17-25,28,35,46,53,55,57-59,61,63-65,74,76,78-79,81-82,84-85H,2,5-7,13,15-16,26-27,29-34,36-42,71H2,1,3-4H3,(H,77,83)(H4,72,73,75)/b14-10+,43-28+,51-20-,54-45?/t53-,55+,57+,58+,59+,61+,63+,64+,65+,68+,69+,70+/m0/s1. The Morgan fingerprint density at radius 3 is 2.43 bits per heavy atom. The van der Waals surface area contributed by atoms with Gasteiger partial charge in [-0.25, -0.2) is 0 Å². The van der Waals surface area contributed by atoms with Crippen LogP contribution in [-0.4, -0.2) is 111 Å². The van der Waals surface area contributed by atoms with Crippen LogP contribution in [0.25, 0.3) is 0 Å². The number of fused-ring (bicyclic) bond motifs is 4. The zero-order valence-corrected chi connectivity index (χ0v) is 50.6. The highest BCUT2D eigenvalue weighted by Gasteiger charge is 2.64. The van der Waals surface area contributed by atoms with Crippen molar-refractivity contribution in [2.45, 2.75) is 171 Å². The second-order valence-electron chi connectivity index (χ2n) is 25.8. The van der Waals surface area contributed by atoms with Crippen LogP contribution in [0.15, 0.2) is 130 Å². The van der Waals surface area contributed by atoms with E-state index in [4.69, 9.17) is 21.9 Å². The number of benzene rings is 3. The lowest BCUT2D eigenvalue weighted by atomic mass is 9.52. The van der Waals surface area contributed by atoms with E-state index in [1.165, 1.54) is 19.3 Å². The number of carbonyl (C=O) groups excluding carboxylic acids is 2. The molecule has 86 heavy (non-hydrogen) atoms. The minimum Gasteiger partial charge on any atom is -0.508 e. The van der Waals surface area contributed by atoms with Crippen LogP contribution in [0.4, 0.5) is 0 Å². The van der Waals surface area contributed by atoms with Gasteiger partial charge in [-0.3, -0.25) is 25.2 Å². The molecule has 3 heterocycles. The van der Waals surface area contributed by atoms with Crippen molar-refractivity contribution in [2.75, 3.05) is 32.8 Å². The molecule has 16 heteroatoms. The average Bonchev–Trinajstić information content (AvgIpc) is 1.46. The molecule has 15 N–H and O–H groups in total. The zero-order valence-electron chi connectivity index (χ0n) is 50.6. The van der Waals surface area contributed by atoms with E-state index in [9.17, 15) is 35.4 Å². The van der Waals surface area contributed by atoms with Gasteiger partial charge in [0.15, 0.2) is 11.7 Å². The topological polar surface area (TPSA) is 291 Å². The summed E-state index contributed by atoms with van der Waals surface area (Å²) >= 11 is 0. The Morgan fingerprint density at radius 2 is 1.67 bits per heavy atom. The van der Waals surface area contributed by atoms with Gasteiger partial charge in [0.2, 0.25) is 5.91 Å². The number of amides is 1. The maximum Gasteiger partial charge on any atom is 0.243 e. The number of nitrogens with one attached hydrogen (secondary N) is 3. The van der Waals surface area contributed by atoms with Crippen LogP contribution in [0, 0.1) is 40.9 Å². The minimum atomic E-state index is -1.41. The van der Waals surface area contributed by atoms with E-state index < -0.39 is 76.8 Å². The Labute approximate surface area is 508 Å². The van der Waals surface area contributed by atoms with Crippen molar-refractivity contribution >= 4 is 17.6 Å². The quantitative estimate of drug-likeness (QED) is 0.0353. The number of allylic oxidation sites excluding steroid dienone is 5. The second-order valence-corrected chi connectivity index (χ2v) is 25.8. The summed E-state index contributed by atoms with van der Waals surface area (Å²) in [5.74, 6) is 4.13. The maximum absolute atomic E-state index is 15.3. The fourth-order valence-electron chi connectivity index (χ4n) is 15.1. The molecule has 0 saturated heterocycles. The monoisotopic (exact) mass is 1180 g/mol. The third kappa shape index (κ3) is 14.7. The molecule has 1 spiro atoms. The summed E-state index contributed by atoms with van der Waals surface area (Å²) in [6.07, 6.45) is 13.1. The minimum absolute atomic E-state index is 0.0636. The van der Waals surface area contributed by atoms with Crippen LogP contribution in [0.1, 0.15) is 156 Å². The number of nitrogens with zero attached hydrogens (tertiary/aromatic N) is 1. The highest BCUT2D eigenvalue weighted by atomic mass is 16.5. The number of hydrogen-bond donors (Lipinski definition) is 12. The Bertz CT molecular complexity index is 3150.